The van der Waals surface area contributed by atoms with E-state index < -0.39 is 102 Å². The van der Waals surface area contributed by atoms with Crippen LogP contribution in [0.5, 0.6) is 17.2 Å². The number of hydrogen-bond donors (Lipinski definition) is 5. The number of aromatic hydroxyl groups is 2. The Bertz CT molecular complexity index is 1650. The first-order chi connectivity index (χ1) is 21.9. The molecule has 6 rings (SSSR count). The van der Waals surface area contributed by atoms with Gasteiger partial charge in [-0.3, -0.25) is 19.3 Å². The quantitative estimate of drug-likeness (QED) is 0.229. The van der Waals surface area contributed by atoms with Crippen molar-refractivity contribution in [1.82, 2.24) is 4.90 Å². The number of nitrogens with zero attached hydrogens (tertiary/aromatic N) is 2. The lowest BCUT2D eigenvalue weighted by atomic mass is 9.72. The number of nitriles is 1. The van der Waals surface area contributed by atoms with Crippen LogP contribution in [0, 0.1) is 11.3 Å². The van der Waals surface area contributed by atoms with Gasteiger partial charge in [0.05, 0.1) is 54.8 Å². The number of phenols is 2. The molecule has 244 valence electrons. The van der Waals surface area contributed by atoms with Crippen LogP contribution in [0.2, 0.25) is 0 Å². The van der Waals surface area contributed by atoms with E-state index in [4.69, 9.17) is 18.9 Å². The number of fused-ring (bicyclic) bond motifs is 3. The monoisotopic (exact) mass is 638 g/mol. The number of benzene rings is 2. The second-order valence-corrected chi connectivity index (χ2v) is 12.0. The van der Waals surface area contributed by atoms with Crippen LogP contribution in [0.3, 0.4) is 0 Å². The molecule has 2 aromatic carbocycles. The third-order valence-corrected chi connectivity index (χ3v) is 9.44. The van der Waals surface area contributed by atoms with E-state index in [0.717, 1.165) is 0 Å². The molecule has 0 saturated carbocycles. The Labute approximate surface area is 263 Å². The summed E-state index contributed by atoms with van der Waals surface area (Å²) in [6.45, 7) is 1.52. The van der Waals surface area contributed by atoms with Crippen molar-refractivity contribution < 1.29 is 58.9 Å². The Hall–Kier alpha value is -3.94. The molecule has 2 saturated heterocycles. The van der Waals surface area contributed by atoms with E-state index in [9.17, 15) is 45.2 Å². The van der Waals surface area contributed by atoms with Gasteiger partial charge in [0.25, 0.3) is 0 Å². The third-order valence-electron chi connectivity index (χ3n) is 9.44. The van der Waals surface area contributed by atoms with Gasteiger partial charge >= 0.3 is 0 Å². The molecule has 0 amide bonds. The normalized spacial score (nSPS) is 31.0. The molecule has 0 spiro atoms. The molecule has 14 heteroatoms. The van der Waals surface area contributed by atoms with E-state index in [-0.39, 0.29) is 47.6 Å². The van der Waals surface area contributed by atoms with Gasteiger partial charge in [-0.15, -0.1) is 0 Å². The van der Waals surface area contributed by atoms with Crippen molar-refractivity contribution in [2.24, 2.45) is 0 Å². The molecule has 2 heterocycles. The summed E-state index contributed by atoms with van der Waals surface area (Å²) >= 11 is 0. The molecule has 2 fully saturated rings. The molecule has 0 bridgehead atoms. The second kappa shape index (κ2) is 12.0. The fraction of sp³-hybridized carbons (Fsp3) is 0.500. The number of methoxy groups -OCH3 is 1. The maximum absolute atomic E-state index is 13.8. The largest absolute Gasteiger partial charge is 0.507 e. The van der Waals surface area contributed by atoms with Crippen molar-refractivity contribution >= 4 is 17.3 Å². The van der Waals surface area contributed by atoms with Gasteiger partial charge in [0.1, 0.15) is 29.5 Å². The summed E-state index contributed by atoms with van der Waals surface area (Å²) < 4.78 is 23.0. The van der Waals surface area contributed by atoms with Crippen LogP contribution in [-0.2, 0) is 25.4 Å². The first-order valence-corrected chi connectivity index (χ1v) is 14.9. The number of carbonyl (C=O) groups is 3. The summed E-state index contributed by atoms with van der Waals surface area (Å²) in [6.07, 6.45) is -5.91. The molecule has 7 atom stereocenters. The SMILES string of the molecule is COc1cccc2c1C(=O)c1c(O)c3c(c(O)c1C2=O)C[C@@](O)(C(=O)CO)C[C@@H]3O[C@H]1C[C@H](N2CCOC(C#N)C2)[C@H](O)[C@H](C)O1. The van der Waals surface area contributed by atoms with Crippen molar-refractivity contribution in [1.29, 1.82) is 5.26 Å². The lowest BCUT2D eigenvalue weighted by Crippen LogP contribution is -2.59. The Balaban J connectivity index is 1.43. The summed E-state index contributed by atoms with van der Waals surface area (Å²) in [6, 6.07) is 5.90. The minimum atomic E-state index is -2.28. The average molecular weight is 639 g/mol. The van der Waals surface area contributed by atoms with Gasteiger partial charge in [-0.2, -0.15) is 5.26 Å². The van der Waals surface area contributed by atoms with E-state index in [1.807, 2.05) is 4.90 Å². The van der Waals surface area contributed by atoms with Crippen molar-refractivity contribution in [3.8, 4) is 23.3 Å². The number of aliphatic hydroxyl groups is 3. The summed E-state index contributed by atoms with van der Waals surface area (Å²) in [5.74, 6) is -3.84. The molecule has 2 aromatic rings. The highest BCUT2D eigenvalue weighted by molar-refractivity contribution is 6.31. The van der Waals surface area contributed by atoms with E-state index in [0.29, 0.717) is 6.54 Å². The van der Waals surface area contributed by atoms with Crippen LogP contribution in [-0.4, -0.2) is 117 Å². The lowest BCUT2D eigenvalue weighted by molar-refractivity contribution is -0.261. The Kier molecular flexibility index (Phi) is 8.36. The molecular weight excluding hydrogens is 604 g/mol. The van der Waals surface area contributed by atoms with Crippen LogP contribution in [0.15, 0.2) is 18.2 Å². The van der Waals surface area contributed by atoms with Crippen LogP contribution < -0.4 is 4.74 Å². The minimum Gasteiger partial charge on any atom is -0.507 e. The molecule has 0 radical (unpaired) electrons. The first-order valence-electron chi connectivity index (χ1n) is 14.9. The molecule has 46 heavy (non-hydrogen) atoms. The average Bonchev–Trinajstić information content (AvgIpc) is 3.05. The zero-order valence-corrected chi connectivity index (χ0v) is 25.1. The van der Waals surface area contributed by atoms with Crippen molar-refractivity contribution in [2.75, 3.05) is 33.4 Å². The molecule has 5 N–H and O–H groups in total. The van der Waals surface area contributed by atoms with Gasteiger partial charge in [0.2, 0.25) is 5.78 Å². The van der Waals surface area contributed by atoms with Crippen molar-refractivity contribution in [3.63, 3.8) is 0 Å². The molecule has 2 aliphatic heterocycles. The van der Waals surface area contributed by atoms with Gasteiger partial charge in [-0.05, 0) is 13.0 Å². The van der Waals surface area contributed by atoms with Crippen molar-refractivity contribution in [3.05, 3.63) is 51.6 Å². The third kappa shape index (κ3) is 5.05. The van der Waals surface area contributed by atoms with Crippen molar-refractivity contribution in [2.45, 2.75) is 68.5 Å². The fourth-order valence-electron chi connectivity index (χ4n) is 7.10. The number of carbonyl (C=O) groups excluding carboxylic acids is 3. The highest BCUT2D eigenvalue weighted by Crippen LogP contribution is 2.52. The van der Waals surface area contributed by atoms with Gasteiger partial charge in [0, 0.05) is 55.1 Å². The van der Waals surface area contributed by atoms with Gasteiger partial charge in [0.15, 0.2) is 24.0 Å². The van der Waals surface area contributed by atoms with Gasteiger partial charge in [-0.25, -0.2) is 0 Å². The predicted octanol–water partition coefficient (Wildman–Crippen LogP) is 0.267. The molecule has 14 nitrogen and oxygen atoms in total. The van der Waals surface area contributed by atoms with Crippen LogP contribution in [0.25, 0.3) is 0 Å². The standard InChI is InChI=1S/C32H34N2O12/c1-14-27(37)18(34-6-7-44-15(11-33)12-34)8-22(45-14)46-20-10-32(42,21(36)13-35)9-17-24(20)31(41)26-25(29(17)39)28(38)16-4-3-5-19(43-2)23(16)30(26)40/h3-5,14-15,18,20,22,27,35,37,39,41-42H,6-10,12-13H2,1-2H3/t14-,15?,18-,20-,22-,27+,32-/m0/s1. The smallest absolute Gasteiger partial charge is 0.202 e. The van der Waals surface area contributed by atoms with E-state index in [1.165, 1.54) is 25.3 Å². The topological polar surface area (TPSA) is 216 Å². The fourth-order valence-corrected chi connectivity index (χ4v) is 7.10. The predicted molar refractivity (Wildman–Crippen MR) is 154 cm³/mol. The zero-order valence-electron chi connectivity index (χ0n) is 25.1. The van der Waals surface area contributed by atoms with Gasteiger partial charge in [-0.1, -0.05) is 12.1 Å². The maximum atomic E-state index is 13.8. The summed E-state index contributed by atoms with van der Waals surface area (Å²) in [4.78, 5) is 42.3. The summed E-state index contributed by atoms with van der Waals surface area (Å²) in [5, 5.41) is 64.7. The minimum absolute atomic E-state index is 0.0623. The zero-order chi connectivity index (χ0) is 33.1. The highest BCUT2D eigenvalue weighted by atomic mass is 16.7. The number of Topliss-reactive ketones (excluding diaryl/α,β-unsaturated/α-hetero) is 1. The Morgan fingerprint density at radius 3 is 2.61 bits per heavy atom. The molecule has 4 aliphatic rings. The highest BCUT2D eigenvalue weighted by Gasteiger charge is 2.50. The van der Waals surface area contributed by atoms with Crippen LogP contribution in [0.4, 0.5) is 0 Å². The molecule has 2 aliphatic carbocycles. The van der Waals surface area contributed by atoms with Gasteiger partial charge < -0.3 is 44.5 Å². The molecule has 0 aromatic heterocycles. The molecule has 1 unspecified atom stereocenters. The summed E-state index contributed by atoms with van der Waals surface area (Å²) in [7, 11) is 1.32. The number of aliphatic hydroxyl groups excluding tert-OH is 2. The number of ether oxygens (including phenoxy) is 4. The Morgan fingerprint density at radius 1 is 1.17 bits per heavy atom. The lowest BCUT2D eigenvalue weighted by Gasteiger charge is -2.46. The second-order valence-electron chi connectivity index (χ2n) is 12.0. The number of rotatable bonds is 6. The van der Waals surface area contributed by atoms with Crippen LogP contribution in [0.1, 0.15) is 68.8 Å². The van der Waals surface area contributed by atoms with Crippen LogP contribution >= 0.6 is 0 Å². The van der Waals surface area contributed by atoms with E-state index >= 15 is 0 Å². The van der Waals surface area contributed by atoms with E-state index in [2.05, 4.69) is 6.07 Å². The number of phenolic OH excluding ortho intramolecular Hbond substituents is 2. The Morgan fingerprint density at radius 2 is 1.91 bits per heavy atom. The number of hydrogen-bond acceptors (Lipinski definition) is 14. The number of morpholine rings is 1. The first kappa shape index (κ1) is 32.0. The van der Waals surface area contributed by atoms with E-state index in [1.54, 1.807) is 6.92 Å². The number of ketones is 3. The molecular formula is C32H34N2O12. The summed E-state index contributed by atoms with van der Waals surface area (Å²) in [5.41, 5.74) is -3.74. The maximum Gasteiger partial charge on any atom is 0.202 e.